The molecule has 0 aliphatic carbocycles. The van der Waals surface area contributed by atoms with Crippen LogP contribution in [-0.2, 0) is 10.0 Å². The average molecular weight is 349 g/mol. The van der Waals surface area contributed by atoms with Crippen molar-refractivity contribution < 1.29 is 30.7 Å². The summed E-state index contributed by atoms with van der Waals surface area (Å²) in [6.45, 7) is 0. The first-order valence-electron chi connectivity index (χ1n) is 6.23. The lowest BCUT2D eigenvalue weighted by Crippen LogP contribution is -2.33. The summed E-state index contributed by atoms with van der Waals surface area (Å²) in [5.41, 5.74) is 0.0709. The lowest BCUT2D eigenvalue weighted by Gasteiger charge is -2.17. The van der Waals surface area contributed by atoms with Crippen molar-refractivity contribution in [2.24, 2.45) is 0 Å². The van der Waals surface area contributed by atoms with Crippen LogP contribution in [0.2, 0.25) is 0 Å². The van der Waals surface area contributed by atoms with Gasteiger partial charge in [-0.25, -0.2) is 8.42 Å². The predicted octanol–water partition coefficient (Wildman–Crippen LogP) is 3.72. The molecule has 0 bridgehead atoms. The summed E-state index contributed by atoms with van der Waals surface area (Å²) in [6, 6.07) is 11.6. The van der Waals surface area contributed by atoms with Crippen molar-refractivity contribution in [2.75, 3.05) is 4.72 Å². The highest BCUT2D eigenvalue weighted by Gasteiger charge is 2.43. The molecule has 1 N–H and O–H groups in total. The molecule has 124 valence electrons. The van der Waals surface area contributed by atoms with E-state index in [2.05, 4.69) is 9.46 Å². The van der Waals surface area contributed by atoms with Crippen LogP contribution in [0, 0.1) is 0 Å². The maximum absolute atomic E-state index is 12.7. The molecule has 2 rings (SSSR count). The topological polar surface area (TPSA) is 55.4 Å². The summed E-state index contributed by atoms with van der Waals surface area (Å²) in [7, 11) is -3.83. The first kappa shape index (κ1) is 17.1. The number of rotatable bonds is 6. The van der Waals surface area contributed by atoms with Crippen molar-refractivity contribution in [3.63, 3.8) is 0 Å². The number of halogens is 4. The molecule has 0 heterocycles. The van der Waals surface area contributed by atoms with E-state index in [-0.39, 0.29) is 10.6 Å². The fourth-order valence-electron chi connectivity index (χ4n) is 1.61. The lowest BCUT2D eigenvalue weighted by atomic mass is 10.3. The number of nitrogens with one attached hydrogen (secondary N) is 1. The summed E-state index contributed by atoms with van der Waals surface area (Å²) in [4.78, 5) is 0.0181. The molecular formula is C14H11F4NO3S. The highest BCUT2D eigenvalue weighted by molar-refractivity contribution is 7.92. The number of anilines is 1. The van der Waals surface area contributed by atoms with Crippen LogP contribution in [0.3, 0.4) is 0 Å². The molecule has 9 heteroatoms. The maximum atomic E-state index is 12.7. The number of hydrogen-bond donors (Lipinski definition) is 1. The summed E-state index contributed by atoms with van der Waals surface area (Å²) >= 11 is 0. The van der Waals surface area contributed by atoms with E-state index in [1.807, 2.05) is 0 Å². The molecule has 0 atom stereocenters. The fraction of sp³-hybridized carbons (Fsp3) is 0.143. The van der Waals surface area contributed by atoms with Gasteiger partial charge in [0.05, 0.1) is 4.90 Å². The largest absolute Gasteiger partial charge is 0.461 e. The van der Waals surface area contributed by atoms with Crippen molar-refractivity contribution in [2.45, 2.75) is 17.4 Å². The SMILES string of the molecule is O=S(=O)(Nc1ccc(OC(F)(F)C(F)F)cc1)c1ccccc1. The van der Waals surface area contributed by atoms with Gasteiger partial charge in [0, 0.05) is 5.69 Å². The lowest BCUT2D eigenvalue weighted by molar-refractivity contribution is -0.253. The maximum Gasteiger partial charge on any atom is 0.461 e. The van der Waals surface area contributed by atoms with E-state index in [0.717, 1.165) is 24.3 Å². The van der Waals surface area contributed by atoms with Crippen LogP contribution < -0.4 is 9.46 Å². The van der Waals surface area contributed by atoms with Gasteiger partial charge >= 0.3 is 12.5 Å². The second kappa shape index (κ2) is 6.45. The van der Waals surface area contributed by atoms with E-state index in [4.69, 9.17) is 0 Å². The van der Waals surface area contributed by atoms with Crippen LogP contribution in [0.25, 0.3) is 0 Å². The number of hydrogen-bond acceptors (Lipinski definition) is 3. The minimum atomic E-state index is -4.62. The number of alkyl halides is 4. The van der Waals surface area contributed by atoms with Crippen LogP contribution in [0.1, 0.15) is 0 Å². The molecule has 0 radical (unpaired) electrons. The van der Waals surface area contributed by atoms with Crippen LogP contribution in [0.4, 0.5) is 23.2 Å². The zero-order chi connectivity index (χ0) is 17.1. The Balaban J connectivity index is 2.12. The van der Waals surface area contributed by atoms with Crippen LogP contribution in [0.15, 0.2) is 59.5 Å². The monoisotopic (exact) mass is 349 g/mol. The smallest absolute Gasteiger partial charge is 0.428 e. The highest BCUT2D eigenvalue weighted by atomic mass is 32.2. The van der Waals surface area contributed by atoms with E-state index >= 15 is 0 Å². The second-order valence-corrected chi connectivity index (χ2v) is 6.09. The van der Waals surface area contributed by atoms with Gasteiger partial charge in [0.25, 0.3) is 10.0 Å². The Bertz CT molecular complexity index is 749. The normalized spacial score (nSPS) is 12.2. The molecular weight excluding hydrogens is 338 g/mol. The molecule has 0 saturated heterocycles. The van der Waals surface area contributed by atoms with E-state index in [1.165, 1.54) is 24.3 Å². The van der Waals surface area contributed by atoms with E-state index in [0.29, 0.717) is 0 Å². The Labute approximate surface area is 129 Å². The van der Waals surface area contributed by atoms with Crippen LogP contribution >= 0.6 is 0 Å². The first-order chi connectivity index (χ1) is 10.7. The van der Waals surface area contributed by atoms with Gasteiger partial charge in [0.15, 0.2) is 0 Å². The molecule has 0 aliphatic rings. The van der Waals surface area contributed by atoms with Gasteiger partial charge in [0.1, 0.15) is 5.75 Å². The van der Waals surface area contributed by atoms with Gasteiger partial charge in [-0.2, -0.15) is 17.6 Å². The highest BCUT2D eigenvalue weighted by Crippen LogP contribution is 2.28. The van der Waals surface area contributed by atoms with E-state index < -0.39 is 28.3 Å². The van der Waals surface area contributed by atoms with Crippen LogP contribution in [0.5, 0.6) is 5.75 Å². The molecule has 0 unspecified atom stereocenters. The number of sulfonamides is 1. The van der Waals surface area contributed by atoms with E-state index in [9.17, 15) is 26.0 Å². The summed E-state index contributed by atoms with van der Waals surface area (Å²) in [6.07, 6.45) is -8.59. The van der Waals surface area contributed by atoms with Crippen LogP contribution in [-0.4, -0.2) is 21.0 Å². The Morgan fingerprint density at radius 3 is 2.04 bits per heavy atom. The molecule has 0 fully saturated rings. The quantitative estimate of drug-likeness (QED) is 0.809. The molecule has 0 amide bonds. The third-order valence-corrected chi connectivity index (χ3v) is 4.07. The zero-order valence-corrected chi connectivity index (χ0v) is 12.2. The Kier molecular flexibility index (Phi) is 4.79. The molecule has 0 spiro atoms. The summed E-state index contributed by atoms with van der Waals surface area (Å²) in [5.74, 6) is -0.516. The average Bonchev–Trinajstić information content (AvgIpc) is 2.49. The number of benzene rings is 2. The van der Waals surface area contributed by atoms with Gasteiger partial charge in [-0.1, -0.05) is 18.2 Å². The third-order valence-electron chi connectivity index (χ3n) is 2.67. The Morgan fingerprint density at radius 2 is 1.52 bits per heavy atom. The molecule has 2 aromatic rings. The van der Waals surface area contributed by atoms with Gasteiger partial charge in [-0.3, -0.25) is 4.72 Å². The Morgan fingerprint density at radius 1 is 0.957 bits per heavy atom. The molecule has 23 heavy (non-hydrogen) atoms. The van der Waals surface area contributed by atoms with Crippen molar-refractivity contribution in [3.8, 4) is 5.75 Å². The number of ether oxygens (including phenoxy) is 1. The minimum Gasteiger partial charge on any atom is -0.428 e. The molecule has 4 nitrogen and oxygen atoms in total. The van der Waals surface area contributed by atoms with E-state index in [1.54, 1.807) is 6.07 Å². The van der Waals surface area contributed by atoms with Crippen molar-refractivity contribution >= 4 is 15.7 Å². The molecule has 0 aliphatic heterocycles. The minimum absolute atomic E-state index is 0.0181. The molecule has 0 aromatic heterocycles. The van der Waals surface area contributed by atoms with Gasteiger partial charge in [-0.15, -0.1) is 0 Å². The van der Waals surface area contributed by atoms with Crippen molar-refractivity contribution in [1.29, 1.82) is 0 Å². The Hall–Kier alpha value is -2.29. The first-order valence-corrected chi connectivity index (χ1v) is 7.72. The van der Waals surface area contributed by atoms with Crippen molar-refractivity contribution in [3.05, 3.63) is 54.6 Å². The standard InChI is InChI=1S/C14H11F4NO3S/c15-13(16)14(17,18)22-11-8-6-10(7-9-11)19-23(20,21)12-4-2-1-3-5-12/h1-9,13,19H. The predicted molar refractivity (Wildman–Crippen MR) is 75.3 cm³/mol. The van der Waals surface area contributed by atoms with Gasteiger partial charge < -0.3 is 4.74 Å². The second-order valence-electron chi connectivity index (χ2n) is 4.41. The van der Waals surface area contributed by atoms with Crippen molar-refractivity contribution in [1.82, 2.24) is 0 Å². The summed E-state index contributed by atoms with van der Waals surface area (Å²) in [5, 5.41) is 0. The molecule has 2 aromatic carbocycles. The third kappa shape index (κ3) is 4.35. The summed E-state index contributed by atoms with van der Waals surface area (Å²) < 4.78 is 79.7. The van der Waals surface area contributed by atoms with Gasteiger partial charge in [-0.05, 0) is 36.4 Å². The molecule has 0 saturated carbocycles. The zero-order valence-electron chi connectivity index (χ0n) is 11.4. The van der Waals surface area contributed by atoms with Gasteiger partial charge in [0.2, 0.25) is 0 Å². The fourth-order valence-corrected chi connectivity index (χ4v) is 2.69.